The Hall–Kier alpha value is -0.980. The summed E-state index contributed by atoms with van der Waals surface area (Å²) < 4.78 is 27.5. The van der Waals surface area contributed by atoms with Crippen LogP contribution in [0.25, 0.3) is 0 Å². The van der Waals surface area contributed by atoms with Crippen LogP contribution in [-0.2, 0) is 9.84 Å². The van der Waals surface area contributed by atoms with Crippen LogP contribution >= 0.6 is 0 Å². The van der Waals surface area contributed by atoms with Gasteiger partial charge in [-0.2, -0.15) is 0 Å². The normalized spacial score (nSPS) is 24.9. The first-order chi connectivity index (χ1) is 9.81. The van der Waals surface area contributed by atoms with E-state index in [-0.39, 0.29) is 10.7 Å². The fraction of sp³-hybridized carbons (Fsp3) is 0.929. The van der Waals surface area contributed by atoms with Gasteiger partial charge in [0.2, 0.25) is 0 Å². The monoisotopic (exact) mass is 312 g/mol. The highest BCUT2D eigenvalue weighted by Crippen LogP contribution is 2.41. The molecule has 7 heteroatoms. The number of nitrogens with zero attached hydrogens (tertiary/aromatic N) is 4. The Morgan fingerprint density at radius 3 is 2.38 bits per heavy atom. The van der Waals surface area contributed by atoms with Gasteiger partial charge >= 0.3 is 0 Å². The summed E-state index contributed by atoms with van der Waals surface area (Å²) in [6.45, 7) is 6.17. The van der Waals surface area contributed by atoms with Gasteiger partial charge in [0.25, 0.3) is 0 Å². The maximum Gasteiger partial charge on any atom is 0.169 e. The Morgan fingerprint density at radius 2 is 1.81 bits per heavy atom. The molecule has 6 nitrogen and oxygen atoms in total. The molecule has 2 saturated carbocycles. The van der Waals surface area contributed by atoms with E-state index in [4.69, 9.17) is 0 Å². The molecular weight excluding hydrogens is 288 g/mol. The van der Waals surface area contributed by atoms with Crippen LogP contribution in [0.3, 0.4) is 0 Å². The van der Waals surface area contributed by atoms with Crippen molar-refractivity contribution in [2.45, 2.75) is 75.8 Å². The van der Waals surface area contributed by atoms with Crippen LogP contribution in [0.1, 0.15) is 76.4 Å². The van der Waals surface area contributed by atoms with Gasteiger partial charge in [0.05, 0.1) is 11.3 Å². The van der Waals surface area contributed by atoms with E-state index in [1.807, 2.05) is 0 Å². The van der Waals surface area contributed by atoms with Crippen molar-refractivity contribution in [3.63, 3.8) is 0 Å². The zero-order valence-corrected chi connectivity index (χ0v) is 13.8. The molecule has 0 saturated heterocycles. The van der Waals surface area contributed by atoms with E-state index >= 15 is 0 Å². The number of rotatable bonds is 4. The lowest BCUT2D eigenvalue weighted by Gasteiger charge is -2.34. The average Bonchev–Trinajstić information content (AvgIpc) is 3.15. The summed E-state index contributed by atoms with van der Waals surface area (Å²) in [4.78, 5) is 0. The Balaban J connectivity index is 1.79. The molecule has 2 aliphatic rings. The van der Waals surface area contributed by atoms with Gasteiger partial charge in [0, 0.05) is 0 Å². The van der Waals surface area contributed by atoms with Crippen LogP contribution in [0.5, 0.6) is 0 Å². The van der Waals surface area contributed by atoms with E-state index in [1.165, 1.54) is 0 Å². The smallest absolute Gasteiger partial charge is 0.169 e. The zero-order chi connectivity index (χ0) is 15.3. The Morgan fingerprint density at radius 1 is 1.19 bits per heavy atom. The molecule has 2 aliphatic carbocycles. The van der Waals surface area contributed by atoms with Crippen LogP contribution in [0.4, 0.5) is 0 Å². The van der Waals surface area contributed by atoms with Gasteiger partial charge in [-0.3, -0.25) is 0 Å². The molecule has 1 heterocycles. The molecule has 0 unspecified atom stereocenters. The van der Waals surface area contributed by atoms with Crippen molar-refractivity contribution in [2.24, 2.45) is 5.41 Å². The first-order valence-electron chi connectivity index (χ1n) is 7.82. The summed E-state index contributed by atoms with van der Waals surface area (Å²) in [5.41, 5.74) is 0.269. The molecule has 1 aromatic rings. The lowest BCUT2D eigenvalue weighted by atomic mass is 9.77. The molecule has 2 fully saturated rings. The van der Waals surface area contributed by atoms with Gasteiger partial charge < -0.3 is 0 Å². The first-order valence-corrected chi connectivity index (χ1v) is 9.43. The summed E-state index contributed by atoms with van der Waals surface area (Å²) >= 11 is 0. The van der Waals surface area contributed by atoms with Crippen LogP contribution in [0, 0.1) is 5.41 Å². The van der Waals surface area contributed by atoms with Crippen molar-refractivity contribution in [3.8, 4) is 0 Å². The van der Waals surface area contributed by atoms with Crippen LogP contribution in [-0.4, -0.2) is 33.9 Å². The highest BCUT2D eigenvalue weighted by molar-refractivity contribution is 7.92. The van der Waals surface area contributed by atoms with Gasteiger partial charge in [-0.1, -0.05) is 13.8 Å². The van der Waals surface area contributed by atoms with Crippen molar-refractivity contribution >= 4 is 9.84 Å². The van der Waals surface area contributed by atoms with E-state index in [0.29, 0.717) is 11.9 Å². The fourth-order valence-electron chi connectivity index (χ4n) is 3.18. The van der Waals surface area contributed by atoms with Crippen molar-refractivity contribution in [1.82, 2.24) is 20.2 Å². The number of aromatic nitrogens is 4. The molecule has 1 atom stereocenters. The summed E-state index contributed by atoms with van der Waals surface area (Å²) in [5, 5.41) is 10.8. The lowest BCUT2D eigenvalue weighted by Crippen LogP contribution is -2.33. The molecule has 0 aliphatic heterocycles. The Labute approximate surface area is 126 Å². The number of hydrogen-bond acceptors (Lipinski definition) is 5. The molecule has 0 radical (unpaired) electrons. The molecule has 0 amide bonds. The summed E-state index contributed by atoms with van der Waals surface area (Å²) in [5.74, 6) is 0.516. The molecule has 21 heavy (non-hydrogen) atoms. The highest BCUT2D eigenvalue weighted by atomic mass is 32.2. The molecule has 1 aromatic heterocycles. The molecular formula is C14H24N4O2S. The van der Waals surface area contributed by atoms with Gasteiger partial charge in [-0.05, 0) is 61.3 Å². The predicted molar refractivity (Wildman–Crippen MR) is 79.5 cm³/mol. The van der Waals surface area contributed by atoms with Gasteiger partial charge in [-0.25, -0.2) is 13.1 Å². The van der Waals surface area contributed by atoms with Crippen molar-refractivity contribution in [2.75, 3.05) is 0 Å². The fourth-order valence-corrected chi connectivity index (χ4v) is 5.10. The third-order valence-electron chi connectivity index (χ3n) is 5.02. The van der Waals surface area contributed by atoms with Gasteiger partial charge in [-0.15, -0.1) is 5.10 Å². The minimum Gasteiger partial charge on any atom is -0.228 e. The number of sulfone groups is 1. The molecule has 0 spiro atoms. The van der Waals surface area contributed by atoms with E-state index in [2.05, 4.69) is 29.4 Å². The molecule has 0 N–H and O–H groups in total. The van der Waals surface area contributed by atoms with Crippen molar-refractivity contribution < 1.29 is 8.42 Å². The van der Waals surface area contributed by atoms with Gasteiger partial charge in [0.15, 0.2) is 15.7 Å². The predicted octanol–water partition coefficient (Wildman–Crippen LogP) is 2.45. The van der Waals surface area contributed by atoms with Crippen LogP contribution < -0.4 is 0 Å². The number of tetrazole rings is 1. The third kappa shape index (κ3) is 2.84. The SMILES string of the molecule is C[C@@H](c1nnnn1C1CC1)S(=O)(=O)C1CCC(C)(C)CC1. The second kappa shape index (κ2) is 5.04. The van der Waals surface area contributed by atoms with Crippen molar-refractivity contribution in [1.29, 1.82) is 0 Å². The topological polar surface area (TPSA) is 77.7 Å². The third-order valence-corrected chi connectivity index (χ3v) is 7.62. The minimum absolute atomic E-state index is 0.245. The summed E-state index contributed by atoms with van der Waals surface area (Å²) in [7, 11) is -3.23. The quantitative estimate of drug-likeness (QED) is 0.853. The van der Waals surface area contributed by atoms with E-state index in [9.17, 15) is 8.42 Å². The first kappa shape index (κ1) is 14.9. The highest BCUT2D eigenvalue weighted by Gasteiger charge is 2.40. The molecule has 118 valence electrons. The molecule has 3 rings (SSSR count). The average molecular weight is 312 g/mol. The van der Waals surface area contributed by atoms with Gasteiger partial charge in [0.1, 0.15) is 5.25 Å². The van der Waals surface area contributed by atoms with E-state index in [1.54, 1.807) is 11.6 Å². The van der Waals surface area contributed by atoms with E-state index < -0.39 is 15.1 Å². The molecule has 0 bridgehead atoms. The summed E-state index contributed by atoms with van der Waals surface area (Å²) in [6.07, 6.45) is 5.54. The second-order valence-electron chi connectivity index (χ2n) is 7.31. The van der Waals surface area contributed by atoms with Crippen LogP contribution in [0.2, 0.25) is 0 Å². The maximum atomic E-state index is 12.9. The maximum absolute atomic E-state index is 12.9. The van der Waals surface area contributed by atoms with Crippen molar-refractivity contribution in [3.05, 3.63) is 5.82 Å². The van der Waals surface area contributed by atoms with E-state index in [0.717, 1.165) is 38.5 Å². The summed E-state index contributed by atoms with van der Waals surface area (Å²) in [6, 6.07) is 0.304. The Kier molecular flexibility index (Phi) is 3.58. The number of hydrogen-bond donors (Lipinski definition) is 0. The molecule has 0 aromatic carbocycles. The Bertz CT molecular complexity index is 609. The zero-order valence-electron chi connectivity index (χ0n) is 13.0. The largest absolute Gasteiger partial charge is 0.228 e. The minimum atomic E-state index is -3.23. The lowest BCUT2D eigenvalue weighted by molar-refractivity contribution is 0.245. The standard InChI is InChI=1S/C14H24N4O2S/c1-10(13-15-16-17-18(13)11-4-5-11)21(19,20)12-6-8-14(2,3)9-7-12/h10-12H,4-9H2,1-3H3/t10-/m0/s1. The second-order valence-corrected chi connectivity index (χ2v) is 9.86. The van der Waals surface area contributed by atoms with Crippen LogP contribution in [0.15, 0.2) is 0 Å².